The van der Waals surface area contributed by atoms with Crippen molar-refractivity contribution in [2.45, 2.75) is 57.3 Å². The van der Waals surface area contributed by atoms with E-state index in [-0.39, 0.29) is 6.10 Å². The minimum absolute atomic E-state index is 0.150. The van der Waals surface area contributed by atoms with Crippen LogP contribution in [0, 0.1) is 5.92 Å². The Morgan fingerprint density at radius 2 is 1.95 bits per heavy atom. The molecule has 122 valence electrons. The van der Waals surface area contributed by atoms with Gasteiger partial charge in [0.15, 0.2) is 5.82 Å². The van der Waals surface area contributed by atoms with E-state index in [1.165, 1.54) is 12.8 Å². The highest BCUT2D eigenvalue weighted by molar-refractivity contribution is 5.32. The molecule has 0 radical (unpaired) electrons. The number of rotatable bonds is 5. The van der Waals surface area contributed by atoms with Crippen molar-refractivity contribution in [1.82, 2.24) is 14.8 Å². The first-order valence-electron chi connectivity index (χ1n) is 8.67. The van der Waals surface area contributed by atoms with Gasteiger partial charge in [-0.05, 0) is 44.4 Å². The number of aromatic nitrogens is 3. The van der Waals surface area contributed by atoms with Gasteiger partial charge >= 0.3 is 0 Å². The Labute approximate surface area is 131 Å². The molecule has 2 saturated heterocycles. The molecule has 4 rings (SSSR count). The topological polar surface area (TPSA) is 52.4 Å². The Bertz CT molecular complexity index is 500. The fourth-order valence-electron chi connectivity index (χ4n) is 3.59. The summed E-state index contributed by atoms with van der Waals surface area (Å²) in [7, 11) is 1.81. The van der Waals surface area contributed by atoms with Crippen LogP contribution < -0.4 is 4.90 Å². The molecule has 0 unspecified atom stereocenters. The van der Waals surface area contributed by atoms with E-state index in [9.17, 15) is 0 Å². The van der Waals surface area contributed by atoms with Gasteiger partial charge in [0, 0.05) is 33.4 Å². The molecule has 1 atom stereocenters. The summed E-state index contributed by atoms with van der Waals surface area (Å²) in [4.78, 5) is 2.38. The maximum absolute atomic E-state index is 5.85. The zero-order valence-corrected chi connectivity index (χ0v) is 13.4. The second-order valence-electron chi connectivity index (χ2n) is 6.84. The summed E-state index contributed by atoms with van der Waals surface area (Å²) in [5, 5.41) is 9.04. The number of piperidine rings is 1. The average Bonchev–Trinajstić information content (AvgIpc) is 3.04. The van der Waals surface area contributed by atoms with E-state index in [1.54, 1.807) is 0 Å². The zero-order chi connectivity index (χ0) is 14.9. The molecule has 0 spiro atoms. The van der Waals surface area contributed by atoms with Gasteiger partial charge in [-0.3, -0.25) is 4.57 Å². The van der Waals surface area contributed by atoms with Crippen LogP contribution in [0.2, 0.25) is 0 Å². The molecule has 1 aromatic rings. The van der Waals surface area contributed by atoms with Crippen molar-refractivity contribution in [2.75, 3.05) is 31.7 Å². The van der Waals surface area contributed by atoms with Gasteiger partial charge in [-0.25, -0.2) is 0 Å². The highest BCUT2D eigenvalue weighted by Crippen LogP contribution is 2.36. The van der Waals surface area contributed by atoms with Crippen LogP contribution in [0.3, 0.4) is 0 Å². The summed E-state index contributed by atoms with van der Waals surface area (Å²) in [6.45, 7) is 3.93. The van der Waals surface area contributed by atoms with Gasteiger partial charge in [-0.2, -0.15) is 0 Å². The van der Waals surface area contributed by atoms with E-state index < -0.39 is 0 Å². The lowest BCUT2D eigenvalue weighted by atomic mass is 10.1. The second-order valence-corrected chi connectivity index (χ2v) is 6.84. The van der Waals surface area contributed by atoms with Crippen molar-refractivity contribution in [1.29, 1.82) is 0 Å². The lowest BCUT2D eigenvalue weighted by Crippen LogP contribution is -2.38. The Kier molecular flexibility index (Phi) is 4.05. The molecular weight excluding hydrogens is 280 g/mol. The maximum atomic E-state index is 5.85. The van der Waals surface area contributed by atoms with Crippen LogP contribution >= 0.6 is 0 Å². The third-order valence-corrected chi connectivity index (χ3v) is 5.17. The first-order valence-corrected chi connectivity index (χ1v) is 8.67. The first kappa shape index (κ1) is 14.5. The van der Waals surface area contributed by atoms with E-state index in [2.05, 4.69) is 19.7 Å². The number of methoxy groups -OCH3 is 1. The third kappa shape index (κ3) is 2.86. The molecule has 0 N–H and O–H groups in total. The van der Waals surface area contributed by atoms with Crippen molar-refractivity contribution in [2.24, 2.45) is 5.92 Å². The van der Waals surface area contributed by atoms with Crippen molar-refractivity contribution in [3.05, 3.63) is 5.82 Å². The summed E-state index contributed by atoms with van der Waals surface area (Å²) < 4.78 is 13.7. The molecule has 2 aliphatic heterocycles. The molecule has 1 aromatic heterocycles. The fraction of sp³-hybridized carbons (Fsp3) is 0.875. The smallest absolute Gasteiger partial charge is 0.227 e. The molecule has 22 heavy (non-hydrogen) atoms. The first-order chi connectivity index (χ1) is 10.8. The van der Waals surface area contributed by atoms with Gasteiger partial charge < -0.3 is 14.4 Å². The highest BCUT2D eigenvalue weighted by atomic mass is 16.5. The zero-order valence-electron chi connectivity index (χ0n) is 13.4. The van der Waals surface area contributed by atoms with E-state index in [1.807, 2.05) is 7.11 Å². The van der Waals surface area contributed by atoms with Crippen LogP contribution in [-0.2, 0) is 16.0 Å². The summed E-state index contributed by atoms with van der Waals surface area (Å²) >= 11 is 0. The van der Waals surface area contributed by atoms with Gasteiger partial charge in [-0.1, -0.05) is 0 Å². The largest absolute Gasteiger partial charge is 0.381 e. The second kappa shape index (κ2) is 6.16. The van der Waals surface area contributed by atoms with Crippen molar-refractivity contribution in [3.8, 4) is 0 Å². The lowest BCUT2D eigenvalue weighted by Gasteiger charge is -2.32. The Balaban J connectivity index is 1.55. The van der Waals surface area contributed by atoms with Gasteiger partial charge in [-0.15, -0.1) is 10.2 Å². The normalized spacial score (nSPS) is 26.8. The van der Waals surface area contributed by atoms with Crippen molar-refractivity contribution >= 4 is 5.95 Å². The van der Waals surface area contributed by atoms with Crippen LogP contribution in [0.25, 0.3) is 0 Å². The number of hydrogen-bond acceptors (Lipinski definition) is 5. The van der Waals surface area contributed by atoms with Gasteiger partial charge in [0.2, 0.25) is 5.95 Å². The number of hydrogen-bond donors (Lipinski definition) is 0. The monoisotopic (exact) mass is 306 g/mol. The van der Waals surface area contributed by atoms with Crippen LogP contribution in [-0.4, -0.2) is 47.7 Å². The summed E-state index contributed by atoms with van der Waals surface area (Å²) in [5.41, 5.74) is 0. The quantitative estimate of drug-likeness (QED) is 0.834. The molecule has 6 heteroatoms. The van der Waals surface area contributed by atoms with Crippen LogP contribution in [0.15, 0.2) is 0 Å². The van der Waals surface area contributed by atoms with E-state index in [0.717, 1.165) is 69.6 Å². The van der Waals surface area contributed by atoms with Gasteiger partial charge in [0.05, 0.1) is 6.10 Å². The number of nitrogens with zero attached hydrogens (tertiary/aromatic N) is 4. The van der Waals surface area contributed by atoms with Crippen LogP contribution in [0.1, 0.15) is 50.5 Å². The molecule has 6 nitrogen and oxygen atoms in total. The Morgan fingerprint density at radius 3 is 2.59 bits per heavy atom. The molecule has 1 saturated carbocycles. The standard InChI is InChI=1S/C16H26N4O2/c1-21-13-6-8-19(9-7-13)16-18-17-15(14-3-2-10-22-14)20(16)11-12-4-5-12/h12-14H,2-11H2,1H3/t14-/m1/s1. The molecule has 0 amide bonds. The SMILES string of the molecule is COC1CCN(c2nnc([C@H]3CCCO3)n2CC2CC2)CC1. The predicted octanol–water partition coefficient (Wildman–Crippen LogP) is 2.15. The fourth-order valence-corrected chi connectivity index (χ4v) is 3.59. The van der Waals surface area contributed by atoms with Crippen molar-refractivity contribution < 1.29 is 9.47 Å². The summed E-state index contributed by atoms with van der Waals surface area (Å²) in [6, 6.07) is 0. The predicted molar refractivity (Wildman–Crippen MR) is 82.9 cm³/mol. The van der Waals surface area contributed by atoms with E-state index in [4.69, 9.17) is 9.47 Å². The third-order valence-electron chi connectivity index (χ3n) is 5.17. The van der Waals surface area contributed by atoms with E-state index >= 15 is 0 Å². The average molecular weight is 306 g/mol. The van der Waals surface area contributed by atoms with E-state index in [0.29, 0.717) is 6.10 Å². The molecule has 3 fully saturated rings. The molecule has 3 heterocycles. The minimum Gasteiger partial charge on any atom is -0.381 e. The van der Waals surface area contributed by atoms with Crippen LogP contribution in [0.5, 0.6) is 0 Å². The van der Waals surface area contributed by atoms with Gasteiger partial charge in [0.25, 0.3) is 0 Å². The molecule has 0 bridgehead atoms. The maximum Gasteiger partial charge on any atom is 0.227 e. The minimum atomic E-state index is 0.150. The summed E-state index contributed by atoms with van der Waals surface area (Å²) in [5.74, 6) is 2.91. The number of ether oxygens (including phenoxy) is 2. The Morgan fingerprint density at radius 1 is 1.14 bits per heavy atom. The summed E-state index contributed by atoms with van der Waals surface area (Å²) in [6.07, 6.45) is 7.59. The van der Waals surface area contributed by atoms with Gasteiger partial charge in [0.1, 0.15) is 6.10 Å². The van der Waals surface area contributed by atoms with Crippen LogP contribution in [0.4, 0.5) is 5.95 Å². The Hall–Kier alpha value is -1.14. The highest BCUT2D eigenvalue weighted by Gasteiger charge is 2.32. The number of anilines is 1. The molecular formula is C16H26N4O2. The molecule has 1 aliphatic carbocycles. The molecule has 0 aromatic carbocycles. The van der Waals surface area contributed by atoms with Crippen molar-refractivity contribution in [3.63, 3.8) is 0 Å². The molecule has 3 aliphatic rings. The lowest BCUT2D eigenvalue weighted by molar-refractivity contribution is 0.0813.